The maximum Gasteiger partial charge on any atom is 0.244 e. The molecule has 0 unspecified atom stereocenters. The van der Waals surface area contributed by atoms with Crippen LogP contribution in [0.2, 0.25) is 0 Å². The van der Waals surface area contributed by atoms with Gasteiger partial charge < -0.3 is 9.88 Å². The molecule has 8 nitrogen and oxygen atoms in total. The van der Waals surface area contributed by atoms with Gasteiger partial charge in [0.05, 0.1) is 12.2 Å². The molecule has 2 aromatic rings. The van der Waals surface area contributed by atoms with Gasteiger partial charge in [-0.15, -0.1) is 10.2 Å². The lowest BCUT2D eigenvalue weighted by molar-refractivity contribution is 0.575. The molecule has 2 heterocycles. The normalized spacial score (nSPS) is 11.5. The van der Waals surface area contributed by atoms with E-state index in [9.17, 15) is 8.42 Å². The van der Waals surface area contributed by atoms with Gasteiger partial charge in [0.25, 0.3) is 0 Å². The number of anilines is 1. The molecule has 2 rings (SSSR count). The molecule has 9 heteroatoms. The minimum absolute atomic E-state index is 0.0776. The highest BCUT2D eigenvalue weighted by atomic mass is 32.2. The van der Waals surface area contributed by atoms with Crippen molar-refractivity contribution in [3.8, 4) is 0 Å². The van der Waals surface area contributed by atoms with Crippen molar-refractivity contribution in [1.29, 1.82) is 0 Å². The van der Waals surface area contributed by atoms with Crippen molar-refractivity contribution >= 4 is 15.7 Å². The van der Waals surface area contributed by atoms with Gasteiger partial charge in [0, 0.05) is 26.0 Å². The molecule has 2 aromatic heterocycles. The maximum atomic E-state index is 12.3. The Balaban J connectivity index is 2.19. The molecule has 2 N–H and O–H groups in total. The lowest BCUT2D eigenvalue weighted by Crippen LogP contribution is -2.25. The lowest BCUT2D eigenvalue weighted by Gasteiger charge is -2.10. The molecule has 0 amide bonds. The topological polar surface area (TPSA) is 102 Å². The van der Waals surface area contributed by atoms with Gasteiger partial charge in [-0.2, -0.15) is 0 Å². The van der Waals surface area contributed by atoms with Crippen LogP contribution in [0.3, 0.4) is 0 Å². The van der Waals surface area contributed by atoms with Crippen LogP contribution in [0.25, 0.3) is 0 Å². The summed E-state index contributed by atoms with van der Waals surface area (Å²) >= 11 is 0. The molecule has 0 aliphatic carbocycles. The van der Waals surface area contributed by atoms with Crippen LogP contribution < -0.4 is 10.0 Å². The molecule has 0 saturated carbocycles. The third kappa shape index (κ3) is 2.94. The van der Waals surface area contributed by atoms with Crippen molar-refractivity contribution < 1.29 is 8.42 Å². The zero-order chi connectivity index (χ0) is 14.6. The average molecular weight is 296 g/mol. The fourth-order valence-electron chi connectivity index (χ4n) is 1.72. The SMILES string of the molecule is CCn1cnnc1CNS(=O)(=O)c1cnccc1NC. The number of aryl methyl sites for hydroxylation is 1. The van der Waals surface area contributed by atoms with E-state index in [2.05, 4.69) is 25.2 Å². The Kier molecular flexibility index (Phi) is 4.30. The fourth-order valence-corrected chi connectivity index (χ4v) is 2.85. The molecule has 0 atom stereocenters. The number of sulfonamides is 1. The average Bonchev–Trinajstić information content (AvgIpc) is 2.92. The van der Waals surface area contributed by atoms with E-state index in [1.54, 1.807) is 24.0 Å². The molecule has 0 aliphatic heterocycles. The Hall–Kier alpha value is -2.00. The van der Waals surface area contributed by atoms with E-state index in [1.165, 1.54) is 12.4 Å². The summed E-state index contributed by atoms with van der Waals surface area (Å²) in [5.41, 5.74) is 0.490. The molecule has 0 saturated heterocycles. The first-order chi connectivity index (χ1) is 9.58. The number of rotatable bonds is 6. The zero-order valence-corrected chi connectivity index (χ0v) is 12.1. The van der Waals surface area contributed by atoms with Crippen LogP contribution in [0.5, 0.6) is 0 Å². The third-order valence-corrected chi connectivity index (χ3v) is 4.23. The van der Waals surface area contributed by atoms with Crippen LogP contribution >= 0.6 is 0 Å². The standard InChI is InChI=1S/C11H16N6O2S/c1-3-17-8-14-16-11(17)7-15-20(18,19)10-6-13-5-4-9(10)12-2/h4-6,8,15H,3,7H2,1-2H3,(H,12,13). The fraction of sp³-hybridized carbons (Fsp3) is 0.364. The number of aromatic nitrogens is 4. The third-order valence-electron chi connectivity index (χ3n) is 2.80. The van der Waals surface area contributed by atoms with E-state index in [0.29, 0.717) is 18.1 Å². The van der Waals surface area contributed by atoms with E-state index in [4.69, 9.17) is 0 Å². The zero-order valence-electron chi connectivity index (χ0n) is 11.2. The van der Waals surface area contributed by atoms with Crippen molar-refractivity contribution in [3.05, 3.63) is 30.6 Å². The van der Waals surface area contributed by atoms with Crippen LogP contribution in [0.15, 0.2) is 29.7 Å². The first-order valence-corrected chi connectivity index (χ1v) is 7.55. The molecular weight excluding hydrogens is 280 g/mol. The van der Waals surface area contributed by atoms with Crippen LogP contribution in [-0.4, -0.2) is 35.2 Å². The summed E-state index contributed by atoms with van der Waals surface area (Å²) in [6.07, 6.45) is 4.39. The highest BCUT2D eigenvalue weighted by molar-refractivity contribution is 7.89. The summed E-state index contributed by atoms with van der Waals surface area (Å²) in [5, 5.41) is 10.5. The Morgan fingerprint density at radius 2 is 2.20 bits per heavy atom. The van der Waals surface area contributed by atoms with Gasteiger partial charge in [-0.05, 0) is 13.0 Å². The summed E-state index contributed by atoms with van der Waals surface area (Å²) in [6, 6.07) is 1.60. The van der Waals surface area contributed by atoms with Gasteiger partial charge >= 0.3 is 0 Å². The second kappa shape index (κ2) is 5.97. The smallest absolute Gasteiger partial charge is 0.244 e. The molecule has 108 valence electrons. The summed E-state index contributed by atoms with van der Waals surface area (Å²) in [6.45, 7) is 2.69. The van der Waals surface area contributed by atoms with Gasteiger partial charge in [0.1, 0.15) is 17.0 Å². The van der Waals surface area contributed by atoms with Crippen LogP contribution in [0.1, 0.15) is 12.7 Å². The highest BCUT2D eigenvalue weighted by Gasteiger charge is 2.19. The monoisotopic (exact) mass is 296 g/mol. The second-order valence-electron chi connectivity index (χ2n) is 3.98. The Morgan fingerprint density at radius 3 is 2.90 bits per heavy atom. The first-order valence-electron chi connectivity index (χ1n) is 6.06. The largest absolute Gasteiger partial charge is 0.387 e. The molecule has 0 bridgehead atoms. The number of hydrogen-bond donors (Lipinski definition) is 2. The van der Waals surface area contributed by atoms with Crippen LogP contribution in [0, 0.1) is 0 Å². The van der Waals surface area contributed by atoms with Gasteiger partial charge in [0.2, 0.25) is 10.0 Å². The van der Waals surface area contributed by atoms with E-state index in [1.807, 2.05) is 6.92 Å². The summed E-state index contributed by atoms with van der Waals surface area (Å²) in [7, 11) is -2.01. The van der Waals surface area contributed by atoms with Gasteiger partial charge in [-0.1, -0.05) is 0 Å². The number of hydrogen-bond acceptors (Lipinski definition) is 6. The molecule has 20 heavy (non-hydrogen) atoms. The van der Waals surface area contributed by atoms with E-state index in [0.717, 1.165) is 0 Å². The van der Waals surface area contributed by atoms with Crippen LogP contribution in [0.4, 0.5) is 5.69 Å². The molecule has 0 aliphatic rings. The van der Waals surface area contributed by atoms with E-state index >= 15 is 0 Å². The summed E-state index contributed by atoms with van der Waals surface area (Å²) < 4.78 is 28.8. The first kappa shape index (κ1) is 14.4. The van der Waals surface area contributed by atoms with Crippen LogP contribution in [-0.2, 0) is 23.1 Å². The van der Waals surface area contributed by atoms with Crippen molar-refractivity contribution in [2.75, 3.05) is 12.4 Å². The maximum absolute atomic E-state index is 12.3. The second-order valence-corrected chi connectivity index (χ2v) is 5.71. The number of nitrogens with one attached hydrogen (secondary N) is 2. The van der Waals surface area contributed by atoms with Gasteiger partial charge in [0.15, 0.2) is 0 Å². The quantitative estimate of drug-likeness (QED) is 0.790. The van der Waals surface area contributed by atoms with Crippen molar-refractivity contribution in [2.24, 2.45) is 0 Å². The highest BCUT2D eigenvalue weighted by Crippen LogP contribution is 2.18. The van der Waals surface area contributed by atoms with Crippen molar-refractivity contribution in [2.45, 2.75) is 24.9 Å². The Morgan fingerprint density at radius 1 is 1.40 bits per heavy atom. The predicted octanol–water partition coefficient (Wildman–Crippen LogP) is 0.213. The molecule has 0 aromatic carbocycles. The molecule has 0 radical (unpaired) electrons. The van der Waals surface area contributed by atoms with Crippen molar-refractivity contribution in [1.82, 2.24) is 24.5 Å². The predicted molar refractivity (Wildman–Crippen MR) is 73.5 cm³/mol. The number of pyridine rings is 1. The minimum atomic E-state index is -3.66. The Labute approximate surface area is 117 Å². The van der Waals surface area contributed by atoms with Gasteiger partial charge in [-0.25, -0.2) is 13.1 Å². The van der Waals surface area contributed by atoms with Crippen molar-refractivity contribution in [3.63, 3.8) is 0 Å². The van der Waals surface area contributed by atoms with E-state index < -0.39 is 10.0 Å². The summed E-state index contributed by atoms with van der Waals surface area (Å²) in [4.78, 5) is 3.95. The minimum Gasteiger partial charge on any atom is -0.387 e. The Bertz CT molecular complexity index is 682. The lowest BCUT2D eigenvalue weighted by atomic mass is 10.4. The molecule has 0 spiro atoms. The molecule has 0 fully saturated rings. The van der Waals surface area contributed by atoms with Gasteiger partial charge in [-0.3, -0.25) is 4.98 Å². The number of nitrogens with zero attached hydrogens (tertiary/aromatic N) is 4. The molecular formula is C11H16N6O2S. The van der Waals surface area contributed by atoms with E-state index in [-0.39, 0.29) is 11.4 Å². The summed E-state index contributed by atoms with van der Waals surface area (Å²) in [5.74, 6) is 0.561.